The summed E-state index contributed by atoms with van der Waals surface area (Å²) >= 11 is 6.25. The number of likely N-dealkylation sites (tertiary alicyclic amines) is 1. The van der Waals surface area contributed by atoms with E-state index >= 15 is 0 Å². The molecular formula is C50H58ClN7O8S. The molecule has 0 unspecified atom stereocenters. The molecule has 8 rings (SSSR count). The van der Waals surface area contributed by atoms with Crippen molar-refractivity contribution in [2.24, 2.45) is 5.41 Å². The number of H-pyrrole nitrogens is 1. The first-order chi connectivity index (χ1) is 31.8. The van der Waals surface area contributed by atoms with E-state index in [1.165, 1.54) is 28.8 Å². The first-order valence-electron chi connectivity index (χ1n) is 22.7. The number of sulfonamides is 1. The maximum atomic E-state index is 14.1. The first-order valence-corrected chi connectivity index (χ1v) is 24.6. The number of hydrogen-bond donors (Lipinski definition) is 3. The van der Waals surface area contributed by atoms with Crippen LogP contribution in [-0.2, 0) is 14.8 Å². The second-order valence-electron chi connectivity index (χ2n) is 19.4. The topological polar surface area (TPSA) is 179 Å². The summed E-state index contributed by atoms with van der Waals surface area (Å²) in [5, 5.41) is 17.0. The summed E-state index contributed by atoms with van der Waals surface area (Å²) in [4.78, 5) is 47.3. The Kier molecular flexibility index (Phi) is 13.6. The van der Waals surface area contributed by atoms with Crippen molar-refractivity contribution in [3.8, 4) is 11.5 Å². The molecule has 354 valence electrons. The molecule has 0 bridgehead atoms. The van der Waals surface area contributed by atoms with Gasteiger partial charge in [0.25, 0.3) is 21.6 Å². The fourth-order valence-electron chi connectivity index (χ4n) is 9.08. The molecule has 0 saturated carbocycles. The van der Waals surface area contributed by atoms with E-state index < -0.39 is 43.1 Å². The summed E-state index contributed by atoms with van der Waals surface area (Å²) in [5.41, 5.74) is 4.91. The number of rotatable bonds is 12. The Hall–Kier alpha value is -6.10. The number of carbonyl (C=O) groups excluding carboxylic acids is 2. The van der Waals surface area contributed by atoms with Crippen LogP contribution < -0.4 is 19.7 Å². The second-order valence-corrected chi connectivity index (χ2v) is 21.5. The van der Waals surface area contributed by atoms with E-state index in [0.717, 1.165) is 79.7 Å². The Bertz CT molecular complexity index is 2800. The van der Waals surface area contributed by atoms with Crippen LogP contribution in [0.1, 0.15) is 82.6 Å². The van der Waals surface area contributed by atoms with Gasteiger partial charge in [-0.2, -0.15) is 0 Å². The van der Waals surface area contributed by atoms with E-state index in [0.29, 0.717) is 31.7 Å². The van der Waals surface area contributed by atoms with Gasteiger partial charge in [0, 0.05) is 91.8 Å². The fourth-order valence-corrected chi connectivity index (χ4v) is 10.2. The van der Waals surface area contributed by atoms with Crippen LogP contribution >= 0.6 is 11.6 Å². The lowest BCUT2D eigenvalue weighted by atomic mass is 9.72. The van der Waals surface area contributed by atoms with E-state index in [9.17, 15) is 28.1 Å². The molecule has 3 heterocycles. The van der Waals surface area contributed by atoms with Gasteiger partial charge in [0.1, 0.15) is 22.8 Å². The van der Waals surface area contributed by atoms with E-state index in [1.54, 1.807) is 56.1 Å². The summed E-state index contributed by atoms with van der Waals surface area (Å²) in [6, 6.07) is 23.9. The lowest BCUT2D eigenvalue weighted by Gasteiger charge is -2.39. The Morgan fingerprint density at radius 1 is 0.925 bits per heavy atom. The molecule has 2 saturated heterocycles. The van der Waals surface area contributed by atoms with Crippen LogP contribution in [0.5, 0.6) is 11.5 Å². The van der Waals surface area contributed by atoms with Gasteiger partial charge in [-0.15, -0.1) is 0 Å². The molecule has 3 aliphatic rings. The molecule has 0 spiro atoms. The van der Waals surface area contributed by atoms with Crippen molar-refractivity contribution in [2.75, 3.05) is 56.0 Å². The van der Waals surface area contributed by atoms with Crippen molar-refractivity contribution in [3.05, 3.63) is 123 Å². The van der Waals surface area contributed by atoms with Crippen molar-refractivity contribution >= 4 is 67.2 Å². The number of amides is 2. The third-order valence-electron chi connectivity index (χ3n) is 12.7. The molecule has 1 aliphatic carbocycles. The number of nitro groups is 1. The maximum Gasteiger partial charge on any atom is 0.410 e. The number of ether oxygens (including phenoxy) is 2. The second kappa shape index (κ2) is 19.2. The number of piperidine rings is 1. The van der Waals surface area contributed by atoms with Gasteiger partial charge in [0.2, 0.25) is 0 Å². The van der Waals surface area contributed by atoms with E-state index in [1.807, 2.05) is 30.3 Å². The number of fused-ring (bicyclic) bond motifs is 1. The van der Waals surface area contributed by atoms with Crippen LogP contribution in [0.25, 0.3) is 16.5 Å². The summed E-state index contributed by atoms with van der Waals surface area (Å²) in [7, 11) is -4.62. The molecule has 17 heteroatoms. The number of hydrogen-bond acceptors (Lipinski definition) is 11. The number of carbonyl (C=O) groups is 2. The minimum Gasteiger partial charge on any atom is -0.456 e. The number of benzene rings is 4. The lowest BCUT2D eigenvalue weighted by Crippen LogP contribution is -2.47. The van der Waals surface area contributed by atoms with Crippen LogP contribution in [0.15, 0.2) is 102 Å². The molecule has 3 N–H and O–H groups in total. The number of nitrogens with one attached hydrogen (secondary N) is 3. The SMILES string of the molecule is CC1(C)CCC(CN2CCN(c3ccc(C(=O)NS(=O)(=O)c4ccc(NC5CCN(C(=O)OC(C)(C)C)CC5)c([N+](=O)[O-])c4)c(Oc4cccc5[nH]ccc45)c3)CC2)=C(c2ccc(Cl)cc2)C1. The summed E-state index contributed by atoms with van der Waals surface area (Å²) < 4.78 is 41.8. The molecule has 2 fully saturated rings. The molecule has 2 amide bonds. The van der Waals surface area contributed by atoms with E-state index in [4.69, 9.17) is 21.1 Å². The quantitative estimate of drug-likeness (QED) is 0.0800. The highest BCUT2D eigenvalue weighted by molar-refractivity contribution is 7.90. The molecule has 0 radical (unpaired) electrons. The number of halogens is 1. The third-order valence-corrected chi connectivity index (χ3v) is 14.3. The average molecular weight is 953 g/mol. The Morgan fingerprint density at radius 3 is 2.36 bits per heavy atom. The van der Waals surface area contributed by atoms with Gasteiger partial charge in [-0.1, -0.05) is 49.2 Å². The van der Waals surface area contributed by atoms with Gasteiger partial charge < -0.3 is 29.6 Å². The highest BCUT2D eigenvalue weighted by Gasteiger charge is 2.32. The number of nitro benzene ring substituents is 1. The predicted octanol–water partition coefficient (Wildman–Crippen LogP) is 10.2. The van der Waals surface area contributed by atoms with Crippen molar-refractivity contribution in [3.63, 3.8) is 0 Å². The minimum absolute atomic E-state index is 0.0362. The number of piperazine rings is 1. The van der Waals surface area contributed by atoms with Crippen LogP contribution in [0, 0.1) is 15.5 Å². The molecule has 2 aliphatic heterocycles. The summed E-state index contributed by atoms with van der Waals surface area (Å²) in [6.07, 6.45) is 5.53. The van der Waals surface area contributed by atoms with Gasteiger partial charge in [-0.05, 0) is 124 Å². The normalized spacial score (nSPS) is 17.3. The third kappa shape index (κ3) is 11.4. The predicted molar refractivity (Wildman–Crippen MR) is 262 cm³/mol. The van der Waals surface area contributed by atoms with Gasteiger partial charge in [-0.25, -0.2) is 17.9 Å². The number of aromatic nitrogens is 1. The summed E-state index contributed by atoms with van der Waals surface area (Å²) in [6.45, 7) is 14.7. The zero-order valence-corrected chi connectivity index (χ0v) is 40.1. The number of anilines is 2. The zero-order chi connectivity index (χ0) is 47.7. The molecule has 0 atom stereocenters. The lowest BCUT2D eigenvalue weighted by molar-refractivity contribution is -0.384. The highest BCUT2D eigenvalue weighted by atomic mass is 35.5. The van der Waals surface area contributed by atoms with Gasteiger partial charge in [0.05, 0.1) is 15.4 Å². The number of aromatic amines is 1. The monoisotopic (exact) mass is 951 g/mol. The Balaban J connectivity index is 0.983. The van der Waals surface area contributed by atoms with Crippen LogP contribution in [0.2, 0.25) is 5.02 Å². The molecular weight excluding hydrogens is 894 g/mol. The molecule has 5 aromatic rings. The van der Waals surface area contributed by atoms with Crippen molar-refractivity contribution < 1.29 is 32.4 Å². The number of allylic oxidation sites excluding steroid dienone is 1. The van der Waals surface area contributed by atoms with E-state index in [-0.39, 0.29) is 28.5 Å². The van der Waals surface area contributed by atoms with Crippen LogP contribution in [-0.4, -0.2) is 97.6 Å². The van der Waals surface area contributed by atoms with Gasteiger partial charge >= 0.3 is 6.09 Å². The fraction of sp³-hybridized carbons (Fsp3) is 0.400. The van der Waals surface area contributed by atoms with Crippen LogP contribution in [0.3, 0.4) is 0 Å². The van der Waals surface area contributed by atoms with Crippen molar-refractivity contribution in [1.29, 1.82) is 0 Å². The summed E-state index contributed by atoms with van der Waals surface area (Å²) in [5.74, 6) is -0.353. The smallest absolute Gasteiger partial charge is 0.410 e. The zero-order valence-electron chi connectivity index (χ0n) is 38.6. The number of nitrogens with zero attached hydrogens (tertiary/aromatic N) is 4. The molecule has 1 aromatic heterocycles. The largest absolute Gasteiger partial charge is 0.456 e. The first kappa shape index (κ1) is 47.4. The van der Waals surface area contributed by atoms with E-state index in [2.05, 4.69) is 50.8 Å². The molecule has 67 heavy (non-hydrogen) atoms. The average Bonchev–Trinajstić information content (AvgIpc) is 3.77. The van der Waals surface area contributed by atoms with Crippen LogP contribution in [0.4, 0.5) is 21.9 Å². The molecule has 15 nitrogen and oxygen atoms in total. The van der Waals surface area contributed by atoms with Crippen molar-refractivity contribution in [2.45, 2.75) is 83.3 Å². The standard InChI is InChI=1S/C50H58ClN7O8S/c1-49(2,3)66-48(60)57-23-19-36(20-24-57)53-43-16-14-38(30-44(43)58(61)62)67(63,64)54-47(59)40-15-13-37(29-46(40)65-45-8-6-7-42-39(45)18-22-52-42)56-27-25-55(26-28-56)32-34-17-21-50(4,5)31-41(34)33-9-11-35(51)12-10-33/h6-16,18,22,29-30,36,52-53H,17,19-21,23-28,31-32H2,1-5H3,(H,54,59). The Labute approximate surface area is 396 Å². The minimum atomic E-state index is -4.62. The Morgan fingerprint density at radius 2 is 1.66 bits per heavy atom. The molecule has 4 aromatic carbocycles. The van der Waals surface area contributed by atoms with Crippen molar-refractivity contribution in [1.82, 2.24) is 19.5 Å². The maximum absolute atomic E-state index is 14.1. The van der Waals surface area contributed by atoms with Gasteiger partial charge in [-0.3, -0.25) is 19.8 Å². The van der Waals surface area contributed by atoms with Gasteiger partial charge in [0.15, 0.2) is 0 Å². The highest BCUT2D eigenvalue weighted by Crippen LogP contribution is 2.44.